The Morgan fingerprint density at radius 3 is 2.78 bits per heavy atom. The monoisotopic (exact) mass is 314 g/mol. The largest absolute Gasteiger partial charge is 0.354 e. The number of pyridine rings is 1. The number of urea groups is 1. The molecule has 5 nitrogen and oxygen atoms in total. The molecule has 2 rings (SSSR count). The van der Waals surface area contributed by atoms with Gasteiger partial charge >= 0.3 is 6.03 Å². The summed E-state index contributed by atoms with van der Waals surface area (Å²) < 4.78 is 2.11. The van der Waals surface area contributed by atoms with E-state index >= 15 is 0 Å². The molecule has 5 heteroatoms. The Balaban J connectivity index is 1.64. The third-order valence-electron chi connectivity index (χ3n) is 3.93. The average molecular weight is 314 g/mol. The minimum atomic E-state index is -0.107. The first kappa shape index (κ1) is 17.1. The van der Waals surface area contributed by atoms with Gasteiger partial charge in [-0.25, -0.2) is 4.79 Å². The molecule has 0 aliphatic heterocycles. The molecule has 2 N–H and O–H groups in total. The van der Waals surface area contributed by atoms with Crippen LogP contribution in [0.2, 0.25) is 0 Å². The van der Waals surface area contributed by atoms with Crippen molar-refractivity contribution < 1.29 is 4.79 Å². The van der Waals surface area contributed by atoms with E-state index in [1.165, 1.54) is 5.69 Å². The van der Waals surface area contributed by atoms with Crippen LogP contribution >= 0.6 is 0 Å². The van der Waals surface area contributed by atoms with Crippen molar-refractivity contribution in [1.29, 1.82) is 0 Å². The Morgan fingerprint density at radius 2 is 2.13 bits per heavy atom. The lowest BCUT2D eigenvalue weighted by atomic mass is 10.1. The van der Waals surface area contributed by atoms with Crippen LogP contribution in [0.5, 0.6) is 0 Å². The highest BCUT2D eigenvalue weighted by atomic mass is 16.2. The molecule has 2 heterocycles. The van der Waals surface area contributed by atoms with Gasteiger partial charge < -0.3 is 15.2 Å². The first-order valence-corrected chi connectivity index (χ1v) is 8.10. The average Bonchev–Trinajstić information content (AvgIpc) is 2.92. The fraction of sp³-hybridized carbons (Fsp3) is 0.444. The van der Waals surface area contributed by atoms with Crippen LogP contribution in [0.3, 0.4) is 0 Å². The van der Waals surface area contributed by atoms with Crippen molar-refractivity contribution in [2.24, 2.45) is 7.05 Å². The van der Waals surface area contributed by atoms with Gasteiger partial charge in [0.2, 0.25) is 0 Å². The maximum Gasteiger partial charge on any atom is 0.315 e. The normalized spacial score (nSPS) is 12.0. The van der Waals surface area contributed by atoms with E-state index in [2.05, 4.69) is 26.3 Å². The fourth-order valence-electron chi connectivity index (χ4n) is 2.43. The number of carbonyl (C=O) groups is 1. The van der Waals surface area contributed by atoms with E-state index in [1.54, 1.807) is 0 Å². The lowest BCUT2D eigenvalue weighted by molar-refractivity contribution is 0.237. The predicted molar refractivity (Wildman–Crippen MR) is 92.4 cm³/mol. The molecule has 0 aliphatic carbocycles. The van der Waals surface area contributed by atoms with Gasteiger partial charge in [-0.3, -0.25) is 4.98 Å². The Kier molecular flexibility index (Phi) is 6.20. The van der Waals surface area contributed by atoms with Gasteiger partial charge in [0.1, 0.15) is 0 Å². The number of carbonyl (C=O) groups excluding carboxylic acids is 1. The molecule has 0 aromatic carbocycles. The van der Waals surface area contributed by atoms with E-state index in [4.69, 9.17) is 0 Å². The van der Waals surface area contributed by atoms with Crippen LogP contribution in [0, 0.1) is 6.92 Å². The van der Waals surface area contributed by atoms with Crippen LogP contribution in [0.25, 0.3) is 0 Å². The molecular formula is C18H26N4O. The molecule has 0 saturated carbocycles. The van der Waals surface area contributed by atoms with E-state index in [1.807, 2.05) is 51.5 Å². The Morgan fingerprint density at radius 1 is 1.30 bits per heavy atom. The summed E-state index contributed by atoms with van der Waals surface area (Å²) in [4.78, 5) is 16.1. The second-order valence-corrected chi connectivity index (χ2v) is 6.01. The van der Waals surface area contributed by atoms with Crippen LogP contribution in [0.4, 0.5) is 4.79 Å². The number of hydrogen-bond donors (Lipinski definition) is 2. The highest BCUT2D eigenvalue weighted by molar-refractivity contribution is 5.74. The van der Waals surface area contributed by atoms with Gasteiger partial charge in [-0.05, 0) is 56.9 Å². The van der Waals surface area contributed by atoms with E-state index < -0.39 is 0 Å². The minimum Gasteiger partial charge on any atom is -0.354 e. The summed E-state index contributed by atoms with van der Waals surface area (Å²) in [6, 6.07) is 8.23. The summed E-state index contributed by atoms with van der Waals surface area (Å²) in [5, 5.41) is 5.88. The van der Waals surface area contributed by atoms with Crippen molar-refractivity contribution in [2.45, 2.75) is 39.2 Å². The van der Waals surface area contributed by atoms with E-state index in [-0.39, 0.29) is 12.1 Å². The van der Waals surface area contributed by atoms with Crippen LogP contribution in [-0.2, 0) is 19.9 Å². The number of nitrogens with zero attached hydrogens (tertiary/aromatic N) is 2. The summed E-state index contributed by atoms with van der Waals surface area (Å²) in [6.07, 6.45) is 6.57. The lowest BCUT2D eigenvalue weighted by Gasteiger charge is -2.15. The smallest absolute Gasteiger partial charge is 0.315 e. The Bertz CT molecular complexity index is 618. The Hall–Kier alpha value is -2.30. The van der Waals surface area contributed by atoms with E-state index in [0.717, 1.165) is 30.5 Å². The van der Waals surface area contributed by atoms with Gasteiger partial charge in [0.25, 0.3) is 0 Å². The molecule has 1 unspecified atom stereocenters. The van der Waals surface area contributed by atoms with Crippen molar-refractivity contribution in [1.82, 2.24) is 20.2 Å². The van der Waals surface area contributed by atoms with Gasteiger partial charge in [-0.15, -0.1) is 0 Å². The zero-order chi connectivity index (χ0) is 16.7. The molecule has 1 atom stereocenters. The molecule has 124 valence electrons. The molecule has 0 aliphatic rings. The second-order valence-electron chi connectivity index (χ2n) is 6.01. The number of rotatable bonds is 7. The van der Waals surface area contributed by atoms with Crippen molar-refractivity contribution in [2.75, 3.05) is 6.54 Å². The molecule has 2 amide bonds. The number of amides is 2. The van der Waals surface area contributed by atoms with Crippen molar-refractivity contribution in [3.05, 3.63) is 53.6 Å². The summed E-state index contributed by atoms with van der Waals surface area (Å²) in [6.45, 7) is 4.61. The van der Waals surface area contributed by atoms with Crippen molar-refractivity contribution in [3.8, 4) is 0 Å². The molecule has 2 aromatic heterocycles. The molecule has 0 bridgehead atoms. The maximum absolute atomic E-state index is 11.9. The van der Waals surface area contributed by atoms with Gasteiger partial charge in [0.05, 0.1) is 0 Å². The zero-order valence-electron chi connectivity index (χ0n) is 14.2. The summed E-state index contributed by atoms with van der Waals surface area (Å²) in [5.41, 5.74) is 3.42. The number of aromatic nitrogens is 2. The lowest BCUT2D eigenvalue weighted by Crippen LogP contribution is -2.41. The first-order valence-electron chi connectivity index (χ1n) is 8.10. The fourth-order valence-corrected chi connectivity index (χ4v) is 2.43. The number of aryl methyl sites for hydroxylation is 3. The molecule has 23 heavy (non-hydrogen) atoms. The first-order chi connectivity index (χ1) is 11.0. The quantitative estimate of drug-likeness (QED) is 0.825. The third-order valence-corrected chi connectivity index (χ3v) is 3.93. The van der Waals surface area contributed by atoms with Crippen molar-refractivity contribution >= 4 is 6.03 Å². The maximum atomic E-state index is 11.9. The molecular weight excluding hydrogens is 288 g/mol. The van der Waals surface area contributed by atoms with Gasteiger partial charge in [0.15, 0.2) is 0 Å². The van der Waals surface area contributed by atoms with Crippen LogP contribution in [0.1, 0.15) is 30.3 Å². The van der Waals surface area contributed by atoms with Gasteiger partial charge in [-0.1, -0.05) is 6.07 Å². The SMILES string of the molecule is Cc1ccc(CCNC(=O)NC(C)CCc2cccn2C)cn1. The van der Waals surface area contributed by atoms with Crippen molar-refractivity contribution in [3.63, 3.8) is 0 Å². The van der Waals surface area contributed by atoms with E-state index in [9.17, 15) is 4.79 Å². The third kappa shape index (κ3) is 5.77. The van der Waals surface area contributed by atoms with Crippen LogP contribution < -0.4 is 10.6 Å². The van der Waals surface area contributed by atoms with E-state index in [0.29, 0.717) is 6.54 Å². The number of hydrogen-bond acceptors (Lipinski definition) is 2. The molecule has 0 saturated heterocycles. The molecule has 0 fully saturated rings. The molecule has 0 spiro atoms. The van der Waals surface area contributed by atoms with Crippen LogP contribution in [-0.4, -0.2) is 28.2 Å². The van der Waals surface area contributed by atoms with Gasteiger partial charge in [-0.2, -0.15) is 0 Å². The zero-order valence-corrected chi connectivity index (χ0v) is 14.2. The predicted octanol–water partition coefficient (Wildman–Crippen LogP) is 2.59. The van der Waals surface area contributed by atoms with Gasteiger partial charge in [0, 0.05) is 43.4 Å². The Labute approximate surface area is 138 Å². The summed E-state index contributed by atoms with van der Waals surface area (Å²) >= 11 is 0. The number of nitrogens with one attached hydrogen (secondary N) is 2. The summed E-state index contributed by atoms with van der Waals surface area (Å²) in [5.74, 6) is 0. The molecule has 2 aromatic rings. The topological polar surface area (TPSA) is 59.0 Å². The highest BCUT2D eigenvalue weighted by Crippen LogP contribution is 2.05. The van der Waals surface area contributed by atoms with Crippen LogP contribution in [0.15, 0.2) is 36.7 Å². The highest BCUT2D eigenvalue weighted by Gasteiger charge is 2.08. The summed E-state index contributed by atoms with van der Waals surface area (Å²) in [7, 11) is 2.04. The second kappa shape index (κ2) is 8.36. The standard InChI is InChI=1S/C18H26N4O/c1-14-6-8-16(13-20-14)10-11-19-18(23)21-15(2)7-9-17-5-4-12-22(17)3/h4-6,8,12-13,15H,7,9-11H2,1-3H3,(H2,19,21,23). The minimum absolute atomic E-state index is 0.107. The molecule has 0 radical (unpaired) electrons.